The van der Waals surface area contributed by atoms with Crippen LogP contribution < -0.4 is 9.47 Å². The summed E-state index contributed by atoms with van der Waals surface area (Å²) in [5.41, 5.74) is 1.23. The molecule has 1 aromatic rings. The van der Waals surface area contributed by atoms with Crippen LogP contribution in [0.4, 0.5) is 0 Å². The Morgan fingerprint density at radius 3 is 2.71 bits per heavy atom. The molecule has 0 radical (unpaired) electrons. The zero-order chi connectivity index (χ0) is 16.8. The highest BCUT2D eigenvalue weighted by atomic mass is 16.7. The van der Waals surface area contributed by atoms with Crippen molar-refractivity contribution in [3.63, 3.8) is 0 Å². The molecule has 2 aliphatic heterocycles. The van der Waals surface area contributed by atoms with Crippen molar-refractivity contribution in [1.82, 2.24) is 9.80 Å². The summed E-state index contributed by atoms with van der Waals surface area (Å²) >= 11 is 0. The average Bonchev–Trinajstić information content (AvgIpc) is 3.05. The molecule has 24 heavy (non-hydrogen) atoms. The highest BCUT2D eigenvalue weighted by Gasteiger charge is 2.20. The summed E-state index contributed by atoms with van der Waals surface area (Å²) in [6.45, 7) is 6.22. The maximum atomic E-state index is 9.94. The molecule has 0 unspecified atom stereocenters. The number of ether oxygens (including phenoxy) is 3. The molecular formula is C18H24N2O4. The van der Waals surface area contributed by atoms with Gasteiger partial charge in [-0.3, -0.25) is 9.80 Å². The number of terminal acetylenes is 1. The fourth-order valence-corrected chi connectivity index (χ4v) is 3.03. The first kappa shape index (κ1) is 17.1. The third-order valence-corrected chi connectivity index (χ3v) is 4.27. The fraction of sp³-hybridized carbons (Fsp3) is 0.556. The SMILES string of the molecule is C#CCOC[C@H](O)CN1CCN(Cc2ccc3c(c2)OCO3)CC1. The minimum Gasteiger partial charge on any atom is -0.454 e. The van der Waals surface area contributed by atoms with Crippen LogP contribution in [0.25, 0.3) is 0 Å². The Bertz CT molecular complexity index is 579. The van der Waals surface area contributed by atoms with Gasteiger partial charge < -0.3 is 19.3 Å². The zero-order valence-electron chi connectivity index (χ0n) is 13.8. The quantitative estimate of drug-likeness (QED) is 0.581. The Balaban J connectivity index is 1.40. The van der Waals surface area contributed by atoms with Gasteiger partial charge in [-0.05, 0) is 17.7 Å². The predicted molar refractivity (Wildman–Crippen MR) is 89.9 cm³/mol. The van der Waals surface area contributed by atoms with E-state index in [9.17, 15) is 5.11 Å². The Hall–Kier alpha value is -1.78. The van der Waals surface area contributed by atoms with Gasteiger partial charge in [0.25, 0.3) is 0 Å². The molecule has 0 aliphatic carbocycles. The molecule has 6 heteroatoms. The van der Waals surface area contributed by atoms with Gasteiger partial charge in [-0.15, -0.1) is 6.42 Å². The first-order chi connectivity index (χ1) is 11.7. The standard InChI is InChI=1S/C18H24N2O4/c1-2-9-22-13-16(21)12-20-7-5-19(6-8-20)11-15-3-4-17-18(10-15)24-14-23-17/h1,3-4,10,16,21H,5-9,11-14H2/t16-/m1/s1. The van der Waals surface area contributed by atoms with Crippen molar-refractivity contribution in [3.05, 3.63) is 23.8 Å². The second-order valence-corrected chi connectivity index (χ2v) is 6.14. The van der Waals surface area contributed by atoms with E-state index in [1.54, 1.807) is 0 Å². The van der Waals surface area contributed by atoms with Gasteiger partial charge in [0.05, 0.1) is 12.7 Å². The second-order valence-electron chi connectivity index (χ2n) is 6.14. The predicted octanol–water partition coefficient (Wildman–Crippen LogP) is 0.544. The first-order valence-electron chi connectivity index (χ1n) is 8.27. The van der Waals surface area contributed by atoms with Crippen molar-refractivity contribution in [3.8, 4) is 23.8 Å². The average molecular weight is 332 g/mol. The van der Waals surface area contributed by atoms with E-state index in [0.29, 0.717) is 19.9 Å². The van der Waals surface area contributed by atoms with Crippen LogP contribution in [0.15, 0.2) is 18.2 Å². The van der Waals surface area contributed by atoms with Crippen LogP contribution in [0.3, 0.4) is 0 Å². The van der Waals surface area contributed by atoms with Gasteiger partial charge in [0.15, 0.2) is 11.5 Å². The summed E-state index contributed by atoms with van der Waals surface area (Å²) in [5, 5.41) is 9.94. The number of β-amino-alcohol motifs (C(OH)–C–C–N with tert-alkyl or cyclic N) is 1. The lowest BCUT2D eigenvalue weighted by Gasteiger charge is -2.35. The summed E-state index contributed by atoms with van der Waals surface area (Å²) in [7, 11) is 0. The van der Waals surface area contributed by atoms with E-state index < -0.39 is 6.10 Å². The highest BCUT2D eigenvalue weighted by Crippen LogP contribution is 2.32. The molecule has 6 nitrogen and oxygen atoms in total. The summed E-state index contributed by atoms with van der Waals surface area (Å²) in [6, 6.07) is 6.12. The van der Waals surface area contributed by atoms with Crippen LogP contribution in [0.1, 0.15) is 5.56 Å². The zero-order valence-corrected chi connectivity index (χ0v) is 13.8. The fourth-order valence-electron chi connectivity index (χ4n) is 3.03. The minimum absolute atomic E-state index is 0.250. The number of nitrogens with zero attached hydrogens (tertiary/aromatic N) is 2. The number of rotatable bonds is 7. The van der Waals surface area contributed by atoms with Crippen LogP contribution >= 0.6 is 0 Å². The Morgan fingerprint density at radius 2 is 1.92 bits per heavy atom. The minimum atomic E-state index is -0.487. The van der Waals surface area contributed by atoms with E-state index in [1.807, 2.05) is 6.07 Å². The lowest BCUT2D eigenvalue weighted by Crippen LogP contribution is -2.48. The lowest BCUT2D eigenvalue weighted by atomic mass is 10.1. The maximum absolute atomic E-state index is 9.94. The second kappa shape index (κ2) is 8.36. The van der Waals surface area contributed by atoms with Gasteiger partial charge in [0, 0.05) is 39.3 Å². The van der Waals surface area contributed by atoms with Crippen LogP contribution in [-0.4, -0.2) is 73.7 Å². The topological polar surface area (TPSA) is 54.4 Å². The smallest absolute Gasteiger partial charge is 0.231 e. The third-order valence-electron chi connectivity index (χ3n) is 4.27. The molecule has 3 rings (SSSR count). The molecule has 1 fully saturated rings. The van der Waals surface area contributed by atoms with E-state index in [1.165, 1.54) is 5.56 Å². The van der Waals surface area contributed by atoms with Gasteiger partial charge in [0.1, 0.15) is 6.61 Å². The molecule has 0 spiro atoms. The maximum Gasteiger partial charge on any atom is 0.231 e. The van der Waals surface area contributed by atoms with E-state index in [-0.39, 0.29) is 6.61 Å². The Morgan fingerprint density at radius 1 is 1.17 bits per heavy atom. The van der Waals surface area contributed by atoms with Gasteiger partial charge in [-0.2, -0.15) is 0 Å². The molecular weight excluding hydrogens is 308 g/mol. The number of hydrogen-bond donors (Lipinski definition) is 1. The van der Waals surface area contributed by atoms with Gasteiger partial charge in [-0.25, -0.2) is 0 Å². The normalized spacial score (nSPS) is 19.2. The van der Waals surface area contributed by atoms with E-state index in [0.717, 1.165) is 44.2 Å². The van der Waals surface area contributed by atoms with Crippen LogP contribution in [0.5, 0.6) is 11.5 Å². The summed E-state index contributed by atoms with van der Waals surface area (Å²) in [6.07, 6.45) is 4.63. The molecule has 1 N–H and O–H groups in total. The molecule has 0 saturated carbocycles. The summed E-state index contributed by atoms with van der Waals surface area (Å²) in [5.74, 6) is 4.06. The van der Waals surface area contributed by atoms with Gasteiger partial charge in [0.2, 0.25) is 6.79 Å². The molecule has 0 aromatic heterocycles. The van der Waals surface area contributed by atoms with Crippen molar-refractivity contribution in [2.24, 2.45) is 0 Å². The van der Waals surface area contributed by atoms with Crippen LogP contribution in [0, 0.1) is 12.3 Å². The van der Waals surface area contributed by atoms with Crippen LogP contribution in [-0.2, 0) is 11.3 Å². The van der Waals surface area contributed by atoms with Crippen molar-refractivity contribution in [2.75, 3.05) is 52.7 Å². The molecule has 1 saturated heterocycles. The summed E-state index contributed by atoms with van der Waals surface area (Å²) in [4.78, 5) is 4.68. The van der Waals surface area contributed by atoms with Gasteiger partial charge >= 0.3 is 0 Å². The number of benzene rings is 1. The van der Waals surface area contributed by atoms with Crippen molar-refractivity contribution < 1.29 is 19.3 Å². The lowest BCUT2D eigenvalue weighted by molar-refractivity contribution is 0.0154. The molecule has 130 valence electrons. The van der Waals surface area contributed by atoms with Crippen LogP contribution in [0.2, 0.25) is 0 Å². The summed E-state index contributed by atoms with van der Waals surface area (Å²) < 4.78 is 15.9. The Labute approximate surface area is 142 Å². The number of piperazine rings is 1. The largest absolute Gasteiger partial charge is 0.454 e. The molecule has 1 aromatic carbocycles. The molecule has 0 bridgehead atoms. The van der Waals surface area contributed by atoms with E-state index in [4.69, 9.17) is 20.6 Å². The van der Waals surface area contributed by atoms with E-state index in [2.05, 4.69) is 27.9 Å². The van der Waals surface area contributed by atoms with Gasteiger partial charge in [-0.1, -0.05) is 12.0 Å². The Kier molecular flexibility index (Phi) is 5.94. The monoisotopic (exact) mass is 332 g/mol. The number of hydrogen-bond acceptors (Lipinski definition) is 6. The molecule has 0 amide bonds. The van der Waals surface area contributed by atoms with Crippen molar-refractivity contribution in [1.29, 1.82) is 0 Å². The number of aliphatic hydroxyl groups is 1. The molecule has 2 heterocycles. The number of fused-ring (bicyclic) bond motifs is 1. The third kappa shape index (κ3) is 4.62. The van der Waals surface area contributed by atoms with Crippen molar-refractivity contribution in [2.45, 2.75) is 12.6 Å². The van der Waals surface area contributed by atoms with E-state index >= 15 is 0 Å². The highest BCUT2D eigenvalue weighted by molar-refractivity contribution is 5.44. The molecule has 2 aliphatic rings. The first-order valence-corrected chi connectivity index (χ1v) is 8.27. The molecule has 1 atom stereocenters. The van der Waals surface area contributed by atoms with Crippen molar-refractivity contribution >= 4 is 0 Å². The number of aliphatic hydroxyl groups excluding tert-OH is 1.